The van der Waals surface area contributed by atoms with Crippen molar-refractivity contribution in [3.8, 4) is 0 Å². The molecule has 1 aromatic heterocycles. The number of benzene rings is 1. The zero-order valence-electron chi connectivity index (χ0n) is 12.7. The fourth-order valence-electron chi connectivity index (χ4n) is 2.97. The van der Waals surface area contributed by atoms with Gasteiger partial charge in [-0.1, -0.05) is 18.2 Å². The fourth-order valence-corrected chi connectivity index (χ4v) is 2.97. The second kappa shape index (κ2) is 6.75. The van der Waals surface area contributed by atoms with Crippen LogP contribution in [0.25, 0.3) is 10.9 Å². The van der Waals surface area contributed by atoms with Crippen LogP contribution in [0, 0.1) is 5.92 Å². The van der Waals surface area contributed by atoms with E-state index in [1.54, 1.807) is 0 Å². The number of carbonyl (C=O) groups is 1. The average molecular weight is 298 g/mol. The van der Waals surface area contributed by atoms with E-state index in [0.717, 1.165) is 42.7 Å². The van der Waals surface area contributed by atoms with E-state index in [4.69, 9.17) is 10.7 Å². The van der Waals surface area contributed by atoms with Crippen molar-refractivity contribution in [3.05, 3.63) is 36.4 Å². The van der Waals surface area contributed by atoms with Gasteiger partial charge >= 0.3 is 0 Å². The quantitative estimate of drug-likeness (QED) is 0.898. The average Bonchev–Trinajstić information content (AvgIpc) is 2.59. The lowest BCUT2D eigenvalue weighted by atomic mass is 9.97. The first kappa shape index (κ1) is 14.8. The molecule has 22 heavy (non-hydrogen) atoms. The molecule has 5 heteroatoms. The smallest absolute Gasteiger partial charge is 0.224 e. The molecule has 1 unspecified atom stereocenters. The number of piperidine rings is 1. The molecular formula is C17H22N4O. The van der Waals surface area contributed by atoms with Crippen LogP contribution in [0.1, 0.15) is 12.8 Å². The number of nitrogens with one attached hydrogen (secondary N) is 1. The molecule has 0 saturated carbocycles. The highest BCUT2D eigenvalue weighted by Crippen LogP contribution is 2.24. The largest absolute Gasteiger partial charge is 0.356 e. The minimum absolute atomic E-state index is 0.0218. The van der Waals surface area contributed by atoms with Crippen molar-refractivity contribution >= 4 is 22.6 Å². The van der Waals surface area contributed by atoms with Gasteiger partial charge in [0.05, 0.1) is 11.4 Å². The number of hydrogen-bond donors (Lipinski definition) is 2. The summed E-state index contributed by atoms with van der Waals surface area (Å²) >= 11 is 0. The highest BCUT2D eigenvalue weighted by molar-refractivity contribution is 5.81. The Labute approximate surface area is 130 Å². The SMILES string of the molecule is NCCNC(=O)C1CCCN(c2ccc3ccccc3n2)C1. The lowest BCUT2D eigenvalue weighted by molar-refractivity contribution is -0.125. The number of anilines is 1. The highest BCUT2D eigenvalue weighted by Gasteiger charge is 2.26. The van der Waals surface area contributed by atoms with Crippen molar-refractivity contribution in [2.24, 2.45) is 11.7 Å². The zero-order chi connectivity index (χ0) is 15.4. The molecule has 0 aliphatic carbocycles. The monoisotopic (exact) mass is 298 g/mol. The van der Waals surface area contributed by atoms with Crippen molar-refractivity contribution in [1.82, 2.24) is 10.3 Å². The molecule has 1 aliphatic rings. The second-order valence-electron chi connectivity index (χ2n) is 5.73. The summed E-state index contributed by atoms with van der Waals surface area (Å²) in [7, 11) is 0. The fraction of sp³-hybridized carbons (Fsp3) is 0.412. The molecule has 2 aromatic rings. The molecule has 2 heterocycles. The van der Waals surface area contributed by atoms with Crippen molar-refractivity contribution in [3.63, 3.8) is 0 Å². The summed E-state index contributed by atoms with van der Waals surface area (Å²) in [6.45, 7) is 2.70. The van der Waals surface area contributed by atoms with Crippen LogP contribution in [0.5, 0.6) is 0 Å². The number of para-hydroxylation sites is 1. The van der Waals surface area contributed by atoms with Gasteiger partial charge in [-0.15, -0.1) is 0 Å². The third kappa shape index (κ3) is 3.20. The molecule has 3 rings (SSSR count). The first-order chi connectivity index (χ1) is 10.8. The predicted octanol–water partition coefficient (Wildman–Crippen LogP) is 1.53. The van der Waals surface area contributed by atoms with Crippen LogP contribution in [0.2, 0.25) is 0 Å². The summed E-state index contributed by atoms with van der Waals surface area (Å²) < 4.78 is 0. The number of pyridine rings is 1. The van der Waals surface area contributed by atoms with E-state index in [-0.39, 0.29) is 11.8 Å². The molecule has 0 bridgehead atoms. The van der Waals surface area contributed by atoms with Gasteiger partial charge in [0, 0.05) is 31.6 Å². The minimum atomic E-state index is 0.0218. The predicted molar refractivity (Wildman–Crippen MR) is 88.7 cm³/mol. The summed E-state index contributed by atoms with van der Waals surface area (Å²) in [5.41, 5.74) is 6.44. The Morgan fingerprint density at radius 2 is 2.18 bits per heavy atom. The van der Waals surface area contributed by atoms with E-state index in [9.17, 15) is 4.79 Å². The first-order valence-corrected chi connectivity index (χ1v) is 7.86. The lowest BCUT2D eigenvalue weighted by Gasteiger charge is -2.33. The van der Waals surface area contributed by atoms with E-state index in [0.29, 0.717) is 13.1 Å². The van der Waals surface area contributed by atoms with Crippen LogP contribution >= 0.6 is 0 Å². The van der Waals surface area contributed by atoms with Gasteiger partial charge in [-0.2, -0.15) is 0 Å². The molecule has 1 aromatic carbocycles. The Hall–Kier alpha value is -2.14. The van der Waals surface area contributed by atoms with Gasteiger partial charge in [0.2, 0.25) is 5.91 Å². The molecule has 1 saturated heterocycles. The van der Waals surface area contributed by atoms with Crippen LogP contribution < -0.4 is 16.0 Å². The maximum Gasteiger partial charge on any atom is 0.224 e. The summed E-state index contributed by atoms with van der Waals surface area (Å²) in [4.78, 5) is 19.1. The van der Waals surface area contributed by atoms with E-state index in [1.165, 1.54) is 0 Å². The number of rotatable bonds is 4. The standard InChI is InChI=1S/C17H22N4O/c18-9-10-19-17(22)14-5-3-11-21(12-14)16-8-7-13-4-1-2-6-15(13)20-16/h1-2,4,6-8,14H,3,5,9-12,18H2,(H,19,22). The van der Waals surface area contributed by atoms with Crippen molar-refractivity contribution in [2.45, 2.75) is 12.8 Å². The molecule has 1 fully saturated rings. The molecule has 5 nitrogen and oxygen atoms in total. The number of carbonyl (C=O) groups excluding carboxylic acids is 1. The number of aromatic nitrogens is 1. The maximum atomic E-state index is 12.1. The van der Waals surface area contributed by atoms with Gasteiger partial charge in [-0.05, 0) is 31.0 Å². The molecule has 116 valence electrons. The number of hydrogen-bond acceptors (Lipinski definition) is 4. The van der Waals surface area contributed by atoms with E-state index in [2.05, 4.69) is 22.3 Å². The Bertz CT molecular complexity index is 658. The van der Waals surface area contributed by atoms with Crippen LogP contribution in [0.4, 0.5) is 5.82 Å². The summed E-state index contributed by atoms with van der Waals surface area (Å²) in [6, 6.07) is 12.2. The topological polar surface area (TPSA) is 71.2 Å². The van der Waals surface area contributed by atoms with Crippen LogP contribution in [-0.2, 0) is 4.79 Å². The second-order valence-corrected chi connectivity index (χ2v) is 5.73. The third-order valence-electron chi connectivity index (χ3n) is 4.14. The van der Waals surface area contributed by atoms with Crippen molar-refractivity contribution in [2.75, 3.05) is 31.1 Å². The Morgan fingerprint density at radius 1 is 1.32 bits per heavy atom. The summed E-state index contributed by atoms with van der Waals surface area (Å²) in [5.74, 6) is 1.08. The van der Waals surface area contributed by atoms with Crippen molar-refractivity contribution < 1.29 is 4.79 Å². The molecule has 1 atom stereocenters. The van der Waals surface area contributed by atoms with Gasteiger partial charge in [0.15, 0.2) is 0 Å². The Balaban J connectivity index is 1.74. The van der Waals surface area contributed by atoms with E-state index >= 15 is 0 Å². The van der Waals surface area contributed by atoms with Crippen LogP contribution in [0.15, 0.2) is 36.4 Å². The highest BCUT2D eigenvalue weighted by atomic mass is 16.1. The van der Waals surface area contributed by atoms with Crippen LogP contribution in [0.3, 0.4) is 0 Å². The minimum Gasteiger partial charge on any atom is -0.356 e. The van der Waals surface area contributed by atoms with Crippen LogP contribution in [-0.4, -0.2) is 37.1 Å². The molecule has 1 amide bonds. The van der Waals surface area contributed by atoms with Gasteiger partial charge in [-0.25, -0.2) is 4.98 Å². The molecular weight excluding hydrogens is 276 g/mol. The van der Waals surface area contributed by atoms with Crippen molar-refractivity contribution in [1.29, 1.82) is 0 Å². The van der Waals surface area contributed by atoms with Gasteiger partial charge in [0.1, 0.15) is 5.82 Å². The molecule has 0 spiro atoms. The lowest BCUT2D eigenvalue weighted by Crippen LogP contribution is -2.44. The molecule has 1 aliphatic heterocycles. The summed E-state index contributed by atoms with van der Waals surface area (Å²) in [6.07, 6.45) is 1.94. The molecule has 3 N–H and O–H groups in total. The third-order valence-corrected chi connectivity index (χ3v) is 4.14. The Morgan fingerprint density at radius 3 is 3.05 bits per heavy atom. The Kier molecular flexibility index (Phi) is 4.53. The maximum absolute atomic E-state index is 12.1. The van der Waals surface area contributed by atoms with Gasteiger partial charge < -0.3 is 16.0 Å². The molecule has 0 radical (unpaired) electrons. The number of nitrogens with zero attached hydrogens (tertiary/aromatic N) is 2. The number of fused-ring (bicyclic) bond motifs is 1. The van der Waals surface area contributed by atoms with Gasteiger partial charge in [-0.3, -0.25) is 4.79 Å². The summed E-state index contributed by atoms with van der Waals surface area (Å²) in [5, 5.41) is 4.03. The normalized spacial score (nSPS) is 18.4. The number of amides is 1. The van der Waals surface area contributed by atoms with E-state index in [1.807, 2.05) is 24.3 Å². The van der Waals surface area contributed by atoms with Gasteiger partial charge in [0.25, 0.3) is 0 Å². The van der Waals surface area contributed by atoms with E-state index < -0.39 is 0 Å². The number of nitrogens with two attached hydrogens (primary N) is 1. The zero-order valence-corrected chi connectivity index (χ0v) is 12.7. The first-order valence-electron chi connectivity index (χ1n) is 7.86.